The Balaban J connectivity index is 2.45. The highest BCUT2D eigenvalue weighted by atomic mass is 16.3. The van der Waals surface area contributed by atoms with Crippen LogP contribution in [-0.4, -0.2) is 11.7 Å². The molecule has 2 aromatic carbocycles. The van der Waals surface area contributed by atoms with E-state index in [-0.39, 0.29) is 6.61 Å². The number of aliphatic hydroxyl groups is 1. The zero-order valence-corrected chi connectivity index (χ0v) is 10.9. The molecule has 1 nitrogen and oxygen atoms in total. The number of hydrogen-bond acceptors (Lipinski definition) is 1. The molecule has 18 heavy (non-hydrogen) atoms. The lowest BCUT2D eigenvalue weighted by molar-refractivity contribution is 0.350. The van der Waals surface area contributed by atoms with Crippen molar-refractivity contribution in [2.24, 2.45) is 0 Å². The average molecular weight is 238 g/mol. The Morgan fingerprint density at radius 2 is 1.78 bits per heavy atom. The lowest BCUT2D eigenvalue weighted by Gasteiger charge is -2.10. The monoisotopic (exact) mass is 238 g/mol. The van der Waals surface area contributed by atoms with E-state index in [4.69, 9.17) is 0 Å². The van der Waals surface area contributed by atoms with Gasteiger partial charge < -0.3 is 5.11 Å². The Morgan fingerprint density at radius 1 is 1.06 bits per heavy atom. The molecule has 0 bridgehead atoms. The summed E-state index contributed by atoms with van der Waals surface area (Å²) in [6.07, 6.45) is 2.04. The van der Waals surface area contributed by atoms with Gasteiger partial charge in [0.25, 0.3) is 0 Å². The molecule has 0 aliphatic rings. The number of aryl methyl sites for hydroxylation is 2. The molecular weight excluding hydrogens is 220 g/mol. The van der Waals surface area contributed by atoms with Gasteiger partial charge in [-0.3, -0.25) is 0 Å². The summed E-state index contributed by atoms with van der Waals surface area (Å²) >= 11 is 0. The molecule has 0 aliphatic carbocycles. The van der Waals surface area contributed by atoms with Crippen LogP contribution in [0.3, 0.4) is 0 Å². The van der Waals surface area contributed by atoms with Gasteiger partial charge in [0.1, 0.15) is 0 Å². The fraction of sp³-hybridized carbons (Fsp3) is 0.176. The first-order valence-electron chi connectivity index (χ1n) is 6.15. The van der Waals surface area contributed by atoms with Crippen LogP contribution in [0, 0.1) is 13.8 Å². The maximum absolute atomic E-state index is 9.59. The van der Waals surface area contributed by atoms with Crippen molar-refractivity contribution in [1.29, 1.82) is 0 Å². The summed E-state index contributed by atoms with van der Waals surface area (Å²) in [4.78, 5) is 0. The SMILES string of the molecule is Cc1ccc(C)c(/C(=C/c2ccccc2)CO)c1. The molecule has 0 heterocycles. The minimum Gasteiger partial charge on any atom is -0.392 e. The van der Waals surface area contributed by atoms with Gasteiger partial charge in [0.05, 0.1) is 6.61 Å². The second kappa shape index (κ2) is 5.65. The van der Waals surface area contributed by atoms with Crippen molar-refractivity contribution >= 4 is 11.6 Å². The first kappa shape index (κ1) is 12.6. The summed E-state index contributed by atoms with van der Waals surface area (Å²) in [6, 6.07) is 16.4. The van der Waals surface area contributed by atoms with E-state index in [1.165, 1.54) is 11.1 Å². The average Bonchev–Trinajstić information content (AvgIpc) is 2.40. The van der Waals surface area contributed by atoms with Gasteiger partial charge in [0.15, 0.2) is 0 Å². The minimum absolute atomic E-state index is 0.0547. The van der Waals surface area contributed by atoms with Gasteiger partial charge in [0, 0.05) is 0 Å². The molecule has 0 amide bonds. The fourth-order valence-electron chi connectivity index (χ4n) is 2.04. The summed E-state index contributed by atoms with van der Waals surface area (Å²) < 4.78 is 0. The van der Waals surface area contributed by atoms with E-state index in [1.54, 1.807) is 0 Å². The zero-order valence-electron chi connectivity index (χ0n) is 10.9. The summed E-state index contributed by atoms with van der Waals surface area (Å²) in [7, 11) is 0. The van der Waals surface area contributed by atoms with Crippen molar-refractivity contribution in [3.63, 3.8) is 0 Å². The van der Waals surface area contributed by atoms with Crippen molar-refractivity contribution in [3.8, 4) is 0 Å². The molecule has 0 saturated carbocycles. The van der Waals surface area contributed by atoms with Crippen LogP contribution in [-0.2, 0) is 0 Å². The van der Waals surface area contributed by atoms with Gasteiger partial charge in [-0.2, -0.15) is 0 Å². The molecule has 1 N–H and O–H groups in total. The van der Waals surface area contributed by atoms with Crippen LogP contribution in [0.2, 0.25) is 0 Å². The smallest absolute Gasteiger partial charge is 0.0687 e. The predicted octanol–water partition coefficient (Wildman–Crippen LogP) is 3.84. The van der Waals surface area contributed by atoms with E-state index in [9.17, 15) is 5.11 Å². The van der Waals surface area contributed by atoms with E-state index in [0.717, 1.165) is 16.7 Å². The van der Waals surface area contributed by atoms with Crippen LogP contribution in [0.1, 0.15) is 22.3 Å². The van der Waals surface area contributed by atoms with Gasteiger partial charge in [-0.15, -0.1) is 0 Å². The molecule has 0 spiro atoms. The van der Waals surface area contributed by atoms with Gasteiger partial charge in [-0.1, -0.05) is 54.1 Å². The zero-order chi connectivity index (χ0) is 13.0. The molecule has 2 aromatic rings. The predicted molar refractivity (Wildman–Crippen MR) is 77.3 cm³/mol. The van der Waals surface area contributed by atoms with Gasteiger partial charge in [-0.25, -0.2) is 0 Å². The Morgan fingerprint density at radius 3 is 2.44 bits per heavy atom. The molecule has 0 radical (unpaired) electrons. The summed E-state index contributed by atoms with van der Waals surface area (Å²) in [5.41, 5.74) is 5.60. The molecule has 0 aliphatic heterocycles. The largest absolute Gasteiger partial charge is 0.392 e. The maximum atomic E-state index is 9.59. The maximum Gasteiger partial charge on any atom is 0.0687 e. The van der Waals surface area contributed by atoms with Crippen molar-refractivity contribution in [2.45, 2.75) is 13.8 Å². The summed E-state index contributed by atoms with van der Waals surface area (Å²) in [5.74, 6) is 0. The van der Waals surface area contributed by atoms with Crippen LogP contribution in [0.15, 0.2) is 48.5 Å². The highest BCUT2D eigenvalue weighted by Crippen LogP contribution is 2.22. The first-order valence-corrected chi connectivity index (χ1v) is 6.15. The Hall–Kier alpha value is -1.86. The third-order valence-corrected chi connectivity index (χ3v) is 3.05. The second-order valence-corrected chi connectivity index (χ2v) is 4.56. The molecule has 92 valence electrons. The Bertz CT molecular complexity index is 553. The quantitative estimate of drug-likeness (QED) is 0.806. The van der Waals surface area contributed by atoms with Crippen LogP contribution < -0.4 is 0 Å². The van der Waals surface area contributed by atoms with Crippen LogP contribution in [0.5, 0.6) is 0 Å². The molecule has 0 aromatic heterocycles. The van der Waals surface area contributed by atoms with Crippen LogP contribution in [0.4, 0.5) is 0 Å². The molecule has 2 rings (SSSR count). The van der Waals surface area contributed by atoms with Gasteiger partial charge in [0.2, 0.25) is 0 Å². The Labute approximate surface area is 108 Å². The molecule has 1 heteroatoms. The summed E-state index contributed by atoms with van der Waals surface area (Å²) in [6.45, 7) is 4.20. The van der Waals surface area contributed by atoms with Crippen molar-refractivity contribution in [1.82, 2.24) is 0 Å². The highest BCUT2D eigenvalue weighted by molar-refractivity contribution is 5.83. The lowest BCUT2D eigenvalue weighted by Crippen LogP contribution is -1.94. The normalized spacial score (nSPS) is 11.6. The molecular formula is C17H18O. The van der Waals surface area contributed by atoms with Crippen LogP contribution in [0.25, 0.3) is 11.6 Å². The number of hydrogen-bond donors (Lipinski definition) is 1. The highest BCUT2D eigenvalue weighted by Gasteiger charge is 2.04. The first-order chi connectivity index (χ1) is 8.70. The fourth-order valence-corrected chi connectivity index (χ4v) is 2.04. The number of rotatable bonds is 3. The minimum atomic E-state index is 0.0547. The van der Waals surface area contributed by atoms with E-state index in [1.807, 2.05) is 36.4 Å². The van der Waals surface area contributed by atoms with Gasteiger partial charge in [-0.05, 0) is 42.2 Å². The summed E-state index contributed by atoms with van der Waals surface area (Å²) in [5, 5.41) is 9.59. The molecule has 0 unspecified atom stereocenters. The second-order valence-electron chi connectivity index (χ2n) is 4.56. The van der Waals surface area contributed by atoms with E-state index < -0.39 is 0 Å². The van der Waals surface area contributed by atoms with E-state index in [0.29, 0.717) is 0 Å². The van der Waals surface area contributed by atoms with Crippen molar-refractivity contribution in [2.75, 3.05) is 6.61 Å². The Kier molecular flexibility index (Phi) is 3.96. The molecule has 0 fully saturated rings. The standard InChI is InChI=1S/C17H18O/c1-13-8-9-14(2)17(10-13)16(12-18)11-15-6-4-3-5-7-15/h3-11,18H,12H2,1-2H3/b16-11+. The van der Waals surface area contributed by atoms with E-state index in [2.05, 4.69) is 32.0 Å². The molecule has 0 atom stereocenters. The third kappa shape index (κ3) is 2.88. The van der Waals surface area contributed by atoms with Gasteiger partial charge >= 0.3 is 0 Å². The number of aliphatic hydroxyl groups excluding tert-OH is 1. The molecule has 0 saturated heterocycles. The van der Waals surface area contributed by atoms with Crippen LogP contribution >= 0.6 is 0 Å². The third-order valence-electron chi connectivity index (χ3n) is 3.05. The topological polar surface area (TPSA) is 20.2 Å². The van der Waals surface area contributed by atoms with Crippen molar-refractivity contribution in [3.05, 3.63) is 70.8 Å². The van der Waals surface area contributed by atoms with E-state index >= 15 is 0 Å². The lowest BCUT2D eigenvalue weighted by atomic mass is 9.97. The number of benzene rings is 2. The van der Waals surface area contributed by atoms with Crippen molar-refractivity contribution < 1.29 is 5.11 Å².